The zero-order valence-electron chi connectivity index (χ0n) is 10.3. The predicted molar refractivity (Wildman–Crippen MR) is 79.4 cm³/mol. The Morgan fingerprint density at radius 2 is 2.33 bits per heavy atom. The number of nitrogens with one attached hydrogen (secondary N) is 1. The van der Waals surface area contributed by atoms with E-state index >= 15 is 0 Å². The highest BCUT2D eigenvalue weighted by Crippen LogP contribution is 2.20. The minimum atomic E-state index is -0.0344. The first-order valence-electron chi connectivity index (χ1n) is 6.04. The Balaban J connectivity index is 2.03. The molecule has 0 radical (unpaired) electrons. The van der Waals surface area contributed by atoms with Crippen LogP contribution in [0.5, 0.6) is 0 Å². The van der Waals surface area contributed by atoms with Crippen molar-refractivity contribution in [3.63, 3.8) is 0 Å². The van der Waals surface area contributed by atoms with Crippen LogP contribution in [-0.2, 0) is 0 Å². The smallest absolute Gasteiger partial charge is 0.252 e. The first-order chi connectivity index (χ1) is 8.56. The number of carbonyl (C=O) groups excluding carboxylic acids is 1. The molecule has 1 unspecified atom stereocenters. The maximum Gasteiger partial charge on any atom is 0.252 e. The molecule has 1 aliphatic rings. The number of amides is 1. The topological polar surface area (TPSA) is 32.3 Å². The summed E-state index contributed by atoms with van der Waals surface area (Å²) in [5, 5.41) is 3.08. The van der Waals surface area contributed by atoms with Gasteiger partial charge in [-0.3, -0.25) is 4.79 Å². The largest absolute Gasteiger partial charge is 0.348 e. The zero-order chi connectivity index (χ0) is 13.1. The molecular formula is C13H17BrN2OS. The normalized spacial score (nSPS) is 20.7. The molecule has 1 aliphatic heterocycles. The molecule has 2 rings (SSSR count). The number of benzene rings is 1. The Morgan fingerprint density at radius 3 is 3.00 bits per heavy atom. The van der Waals surface area contributed by atoms with Gasteiger partial charge in [-0.25, -0.2) is 0 Å². The second-order valence-corrected chi connectivity index (χ2v) is 6.13. The van der Waals surface area contributed by atoms with E-state index in [0.717, 1.165) is 30.4 Å². The second-order valence-electron chi connectivity index (χ2n) is 4.74. The van der Waals surface area contributed by atoms with Gasteiger partial charge in [-0.1, -0.05) is 15.9 Å². The van der Waals surface area contributed by atoms with Crippen LogP contribution >= 0.6 is 28.6 Å². The molecule has 0 aliphatic carbocycles. The van der Waals surface area contributed by atoms with Crippen molar-refractivity contribution in [2.75, 3.05) is 20.1 Å². The summed E-state index contributed by atoms with van der Waals surface area (Å²) < 4.78 is 0.932. The molecule has 0 bridgehead atoms. The number of hydrogen-bond donors (Lipinski definition) is 2. The van der Waals surface area contributed by atoms with Gasteiger partial charge in [0.1, 0.15) is 0 Å². The van der Waals surface area contributed by atoms with Gasteiger partial charge in [0.15, 0.2) is 0 Å². The lowest BCUT2D eigenvalue weighted by Gasteiger charge is -2.30. The van der Waals surface area contributed by atoms with Crippen LogP contribution in [0.4, 0.5) is 0 Å². The summed E-state index contributed by atoms with van der Waals surface area (Å²) >= 11 is 7.71. The molecule has 1 fully saturated rings. The van der Waals surface area contributed by atoms with Crippen molar-refractivity contribution >= 4 is 34.5 Å². The Hall–Kier alpha value is -0.520. The number of likely N-dealkylation sites (N-methyl/N-ethyl adjacent to an activating group) is 1. The molecule has 1 heterocycles. The summed E-state index contributed by atoms with van der Waals surface area (Å²) in [6.45, 7) is 2.03. The number of nitrogens with zero attached hydrogens (tertiary/aromatic N) is 1. The molecule has 98 valence electrons. The third kappa shape index (κ3) is 3.49. The van der Waals surface area contributed by atoms with E-state index in [2.05, 4.69) is 45.8 Å². The van der Waals surface area contributed by atoms with Crippen molar-refractivity contribution in [1.29, 1.82) is 0 Å². The second kappa shape index (κ2) is 6.08. The van der Waals surface area contributed by atoms with Crippen molar-refractivity contribution < 1.29 is 4.79 Å². The highest BCUT2D eigenvalue weighted by atomic mass is 79.9. The number of thiol groups is 1. The summed E-state index contributed by atoms with van der Waals surface area (Å²) in [7, 11) is 2.09. The Morgan fingerprint density at radius 1 is 1.56 bits per heavy atom. The van der Waals surface area contributed by atoms with Crippen LogP contribution < -0.4 is 5.32 Å². The average molecular weight is 329 g/mol. The third-order valence-corrected chi connectivity index (χ3v) is 4.03. The standard InChI is InChI=1S/C13H17BrN2OS/c1-16-6-2-3-10(8-16)15-13(17)11-5-4-9(14)7-12(11)18/h4-5,7,10,18H,2-3,6,8H2,1H3,(H,15,17). The van der Waals surface area contributed by atoms with Crippen molar-refractivity contribution in [1.82, 2.24) is 10.2 Å². The van der Waals surface area contributed by atoms with E-state index in [1.807, 2.05) is 12.1 Å². The number of rotatable bonds is 2. The van der Waals surface area contributed by atoms with Crippen LogP contribution in [0.25, 0.3) is 0 Å². The summed E-state index contributed by atoms with van der Waals surface area (Å²) in [6.07, 6.45) is 2.18. The van der Waals surface area contributed by atoms with Crippen molar-refractivity contribution in [3.8, 4) is 0 Å². The molecular weight excluding hydrogens is 312 g/mol. The van der Waals surface area contributed by atoms with Gasteiger partial charge in [-0.05, 0) is 44.6 Å². The lowest BCUT2D eigenvalue weighted by Crippen LogP contribution is -2.46. The molecule has 5 heteroatoms. The van der Waals surface area contributed by atoms with Crippen LogP contribution in [0, 0.1) is 0 Å². The van der Waals surface area contributed by atoms with E-state index in [4.69, 9.17) is 0 Å². The average Bonchev–Trinajstić information content (AvgIpc) is 2.28. The molecule has 0 saturated carbocycles. The SMILES string of the molecule is CN1CCCC(NC(=O)c2ccc(Br)cc2S)C1. The maximum absolute atomic E-state index is 12.2. The minimum Gasteiger partial charge on any atom is -0.348 e. The zero-order valence-corrected chi connectivity index (χ0v) is 12.8. The summed E-state index contributed by atoms with van der Waals surface area (Å²) in [6, 6.07) is 5.74. The van der Waals surface area contributed by atoms with E-state index in [1.165, 1.54) is 0 Å². The Bertz CT molecular complexity index is 453. The molecule has 1 aromatic rings. The number of hydrogen-bond acceptors (Lipinski definition) is 3. The molecule has 1 atom stereocenters. The van der Waals surface area contributed by atoms with E-state index in [1.54, 1.807) is 6.07 Å². The van der Waals surface area contributed by atoms with Crippen molar-refractivity contribution in [3.05, 3.63) is 28.2 Å². The van der Waals surface area contributed by atoms with Crippen LogP contribution in [0.1, 0.15) is 23.2 Å². The molecule has 18 heavy (non-hydrogen) atoms. The molecule has 1 saturated heterocycles. The number of carbonyl (C=O) groups is 1. The summed E-state index contributed by atoms with van der Waals surface area (Å²) in [5.74, 6) is -0.0344. The molecule has 0 aromatic heterocycles. The lowest BCUT2D eigenvalue weighted by atomic mass is 10.1. The van der Waals surface area contributed by atoms with Gasteiger partial charge in [0, 0.05) is 22.0 Å². The number of halogens is 1. The van der Waals surface area contributed by atoms with Crippen LogP contribution in [-0.4, -0.2) is 37.0 Å². The first-order valence-corrected chi connectivity index (χ1v) is 7.28. The summed E-state index contributed by atoms with van der Waals surface area (Å²) in [5.41, 5.74) is 0.634. The molecule has 1 amide bonds. The fourth-order valence-electron chi connectivity index (χ4n) is 2.24. The fraction of sp³-hybridized carbons (Fsp3) is 0.462. The van der Waals surface area contributed by atoms with Gasteiger partial charge >= 0.3 is 0 Å². The minimum absolute atomic E-state index is 0.0344. The van der Waals surface area contributed by atoms with Crippen LogP contribution in [0.3, 0.4) is 0 Å². The van der Waals surface area contributed by atoms with E-state index in [9.17, 15) is 4.79 Å². The quantitative estimate of drug-likeness (QED) is 0.818. The molecule has 1 N–H and O–H groups in total. The van der Waals surface area contributed by atoms with Crippen molar-refractivity contribution in [2.45, 2.75) is 23.8 Å². The van der Waals surface area contributed by atoms with Gasteiger partial charge in [0.05, 0.1) is 5.56 Å². The highest BCUT2D eigenvalue weighted by molar-refractivity contribution is 9.10. The third-order valence-electron chi connectivity index (χ3n) is 3.16. The molecule has 0 spiro atoms. The van der Waals surface area contributed by atoms with Crippen LogP contribution in [0.2, 0.25) is 0 Å². The fourth-order valence-corrected chi connectivity index (χ4v) is 3.10. The summed E-state index contributed by atoms with van der Waals surface area (Å²) in [4.78, 5) is 15.1. The Kier molecular flexibility index (Phi) is 4.70. The lowest BCUT2D eigenvalue weighted by molar-refractivity contribution is 0.0909. The number of piperidine rings is 1. The van der Waals surface area contributed by atoms with E-state index in [0.29, 0.717) is 10.5 Å². The maximum atomic E-state index is 12.2. The van der Waals surface area contributed by atoms with Gasteiger partial charge in [0.2, 0.25) is 0 Å². The monoisotopic (exact) mass is 328 g/mol. The highest BCUT2D eigenvalue weighted by Gasteiger charge is 2.20. The Labute approximate surface area is 121 Å². The van der Waals surface area contributed by atoms with Gasteiger partial charge in [-0.15, -0.1) is 12.6 Å². The molecule has 3 nitrogen and oxygen atoms in total. The first kappa shape index (κ1) is 13.9. The van der Waals surface area contributed by atoms with Crippen LogP contribution in [0.15, 0.2) is 27.6 Å². The predicted octanol–water partition coefficient (Wildman–Crippen LogP) is 2.56. The van der Waals surface area contributed by atoms with Gasteiger partial charge in [0.25, 0.3) is 5.91 Å². The van der Waals surface area contributed by atoms with Gasteiger partial charge < -0.3 is 10.2 Å². The molecule has 1 aromatic carbocycles. The number of likely N-dealkylation sites (tertiary alicyclic amines) is 1. The van der Waals surface area contributed by atoms with E-state index in [-0.39, 0.29) is 11.9 Å². The van der Waals surface area contributed by atoms with E-state index < -0.39 is 0 Å². The van der Waals surface area contributed by atoms with Gasteiger partial charge in [-0.2, -0.15) is 0 Å². The van der Waals surface area contributed by atoms with Crippen molar-refractivity contribution in [2.24, 2.45) is 0 Å².